The van der Waals surface area contributed by atoms with E-state index in [9.17, 15) is 0 Å². The summed E-state index contributed by atoms with van der Waals surface area (Å²) in [5.74, 6) is 0. The van der Waals surface area contributed by atoms with Crippen LogP contribution in [-0.2, 0) is 0 Å². The molecule has 1 aromatic carbocycles. The van der Waals surface area contributed by atoms with Crippen molar-refractivity contribution in [2.45, 2.75) is 32.2 Å². The van der Waals surface area contributed by atoms with Crippen LogP contribution in [0.25, 0.3) is 0 Å². The Balaban J connectivity index is 1.66. The second kappa shape index (κ2) is 5.05. The molecule has 1 aromatic rings. The Morgan fingerprint density at radius 3 is 2.20 bits per heavy atom. The van der Waals surface area contributed by atoms with Crippen molar-refractivity contribution in [2.75, 3.05) is 37.6 Å². The fourth-order valence-electron chi connectivity index (χ4n) is 3.58. The van der Waals surface area contributed by atoms with E-state index >= 15 is 0 Å². The summed E-state index contributed by atoms with van der Waals surface area (Å²) in [5, 5.41) is 0. The number of piperazine rings is 1. The zero-order chi connectivity index (χ0) is 14.2. The second-order valence-corrected chi connectivity index (χ2v) is 6.85. The van der Waals surface area contributed by atoms with Crippen LogP contribution in [-0.4, -0.2) is 43.2 Å². The number of hydrogen-bond donors (Lipinski definition) is 1. The predicted molar refractivity (Wildman–Crippen MR) is 85.0 cm³/mol. The molecule has 1 aliphatic carbocycles. The van der Waals surface area contributed by atoms with Gasteiger partial charge in [0.1, 0.15) is 0 Å². The van der Waals surface area contributed by atoms with Crippen LogP contribution in [0.3, 0.4) is 0 Å². The van der Waals surface area contributed by atoms with Gasteiger partial charge in [0, 0.05) is 44.0 Å². The molecule has 20 heavy (non-hydrogen) atoms. The van der Waals surface area contributed by atoms with Gasteiger partial charge in [-0.15, -0.1) is 0 Å². The molecule has 2 N–H and O–H groups in total. The SMILES string of the molecule is CC1(C(C)(CN)N2CCN(c3ccccc3)CC2)CC1. The van der Waals surface area contributed by atoms with Gasteiger partial charge in [-0.3, -0.25) is 4.90 Å². The third-order valence-corrected chi connectivity index (χ3v) is 5.80. The summed E-state index contributed by atoms with van der Waals surface area (Å²) in [6, 6.07) is 10.7. The molecule has 1 saturated carbocycles. The average molecular weight is 273 g/mol. The van der Waals surface area contributed by atoms with Gasteiger partial charge in [-0.1, -0.05) is 25.1 Å². The van der Waals surface area contributed by atoms with Gasteiger partial charge in [0.2, 0.25) is 0 Å². The molecule has 1 saturated heterocycles. The molecule has 1 aliphatic heterocycles. The number of hydrogen-bond acceptors (Lipinski definition) is 3. The highest BCUT2D eigenvalue weighted by molar-refractivity contribution is 5.46. The number of para-hydroxylation sites is 1. The largest absolute Gasteiger partial charge is 0.369 e. The van der Waals surface area contributed by atoms with E-state index in [0.29, 0.717) is 5.41 Å². The van der Waals surface area contributed by atoms with Crippen molar-refractivity contribution in [3.8, 4) is 0 Å². The minimum Gasteiger partial charge on any atom is -0.369 e. The van der Waals surface area contributed by atoms with E-state index in [1.165, 1.54) is 18.5 Å². The zero-order valence-electron chi connectivity index (χ0n) is 12.8. The van der Waals surface area contributed by atoms with Crippen molar-refractivity contribution < 1.29 is 0 Å². The second-order valence-electron chi connectivity index (χ2n) is 6.85. The number of nitrogens with zero attached hydrogens (tertiary/aromatic N) is 2. The number of anilines is 1. The van der Waals surface area contributed by atoms with Gasteiger partial charge in [0.15, 0.2) is 0 Å². The summed E-state index contributed by atoms with van der Waals surface area (Å²) in [7, 11) is 0. The van der Waals surface area contributed by atoms with Crippen molar-refractivity contribution in [3.05, 3.63) is 30.3 Å². The van der Waals surface area contributed by atoms with Crippen molar-refractivity contribution in [3.63, 3.8) is 0 Å². The molecule has 2 aliphatic rings. The predicted octanol–water partition coefficient (Wildman–Crippen LogP) is 2.33. The van der Waals surface area contributed by atoms with Crippen LogP contribution >= 0.6 is 0 Å². The van der Waals surface area contributed by atoms with E-state index in [2.05, 4.69) is 54.0 Å². The molecule has 0 bridgehead atoms. The van der Waals surface area contributed by atoms with Gasteiger partial charge in [-0.2, -0.15) is 0 Å². The lowest BCUT2D eigenvalue weighted by Gasteiger charge is -2.49. The third-order valence-electron chi connectivity index (χ3n) is 5.80. The Labute approximate surface area is 122 Å². The standard InChI is InChI=1S/C17H27N3/c1-16(8-9-16)17(2,14-18)20-12-10-19(11-13-20)15-6-4-3-5-7-15/h3-7H,8-14,18H2,1-2H3. The normalized spacial score (nSPS) is 25.2. The first-order valence-electron chi connectivity index (χ1n) is 7.84. The van der Waals surface area contributed by atoms with Crippen LogP contribution in [0.5, 0.6) is 0 Å². The van der Waals surface area contributed by atoms with Crippen LogP contribution in [0.4, 0.5) is 5.69 Å². The molecule has 2 fully saturated rings. The summed E-state index contributed by atoms with van der Waals surface area (Å²) in [6.07, 6.45) is 2.67. The summed E-state index contributed by atoms with van der Waals surface area (Å²) < 4.78 is 0. The minimum absolute atomic E-state index is 0.176. The molecule has 0 aromatic heterocycles. The molecule has 0 radical (unpaired) electrons. The monoisotopic (exact) mass is 273 g/mol. The Morgan fingerprint density at radius 1 is 1.10 bits per heavy atom. The topological polar surface area (TPSA) is 32.5 Å². The van der Waals surface area contributed by atoms with Crippen LogP contribution in [0.1, 0.15) is 26.7 Å². The molecule has 0 amide bonds. The van der Waals surface area contributed by atoms with E-state index in [0.717, 1.165) is 32.7 Å². The fraction of sp³-hybridized carbons (Fsp3) is 0.647. The maximum atomic E-state index is 6.15. The summed E-state index contributed by atoms with van der Waals surface area (Å²) in [6.45, 7) is 10.0. The Morgan fingerprint density at radius 2 is 1.70 bits per heavy atom. The molecule has 110 valence electrons. The molecule has 3 rings (SSSR count). The van der Waals surface area contributed by atoms with Crippen molar-refractivity contribution in [1.29, 1.82) is 0 Å². The number of rotatable bonds is 4. The van der Waals surface area contributed by atoms with Crippen LogP contribution in [0, 0.1) is 5.41 Å². The Kier molecular flexibility index (Phi) is 3.51. The maximum Gasteiger partial charge on any atom is 0.0367 e. The summed E-state index contributed by atoms with van der Waals surface area (Å²) >= 11 is 0. The smallest absolute Gasteiger partial charge is 0.0367 e. The van der Waals surface area contributed by atoms with Crippen molar-refractivity contribution in [2.24, 2.45) is 11.1 Å². The van der Waals surface area contributed by atoms with E-state index in [1.54, 1.807) is 0 Å². The maximum absolute atomic E-state index is 6.15. The highest BCUT2D eigenvalue weighted by Crippen LogP contribution is 2.55. The van der Waals surface area contributed by atoms with E-state index in [4.69, 9.17) is 5.73 Å². The molecule has 3 heteroatoms. The van der Waals surface area contributed by atoms with Gasteiger partial charge in [0.05, 0.1) is 0 Å². The average Bonchev–Trinajstić information content (AvgIpc) is 3.27. The first kappa shape index (κ1) is 13.9. The highest BCUT2D eigenvalue weighted by Gasteiger charge is 2.55. The zero-order valence-corrected chi connectivity index (χ0v) is 12.8. The van der Waals surface area contributed by atoms with Crippen molar-refractivity contribution in [1.82, 2.24) is 4.90 Å². The first-order chi connectivity index (χ1) is 9.59. The molecular formula is C17H27N3. The Hall–Kier alpha value is -1.06. The molecule has 1 heterocycles. The van der Waals surface area contributed by atoms with Crippen LogP contribution in [0.15, 0.2) is 30.3 Å². The van der Waals surface area contributed by atoms with Gasteiger partial charge in [-0.05, 0) is 37.3 Å². The van der Waals surface area contributed by atoms with Crippen LogP contribution < -0.4 is 10.6 Å². The van der Waals surface area contributed by atoms with Gasteiger partial charge < -0.3 is 10.6 Å². The third kappa shape index (κ3) is 2.23. The first-order valence-corrected chi connectivity index (χ1v) is 7.84. The molecule has 1 unspecified atom stereocenters. The lowest BCUT2D eigenvalue weighted by molar-refractivity contribution is 0.0425. The molecule has 3 nitrogen and oxygen atoms in total. The van der Waals surface area contributed by atoms with E-state index < -0.39 is 0 Å². The number of nitrogens with two attached hydrogens (primary N) is 1. The van der Waals surface area contributed by atoms with Crippen LogP contribution in [0.2, 0.25) is 0 Å². The summed E-state index contributed by atoms with van der Waals surface area (Å²) in [5.41, 5.74) is 8.12. The van der Waals surface area contributed by atoms with Gasteiger partial charge >= 0.3 is 0 Å². The van der Waals surface area contributed by atoms with Crippen molar-refractivity contribution >= 4 is 5.69 Å². The minimum atomic E-state index is 0.176. The number of benzene rings is 1. The molecule has 0 spiro atoms. The lowest BCUT2D eigenvalue weighted by atomic mass is 9.81. The molecular weight excluding hydrogens is 246 g/mol. The van der Waals surface area contributed by atoms with E-state index in [-0.39, 0.29) is 5.54 Å². The Bertz CT molecular complexity index is 447. The lowest BCUT2D eigenvalue weighted by Crippen LogP contribution is -2.62. The van der Waals surface area contributed by atoms with Gasteiger partial charge in [-0.25, -0.2) is 0 Å². The van der Waals surface area contributed by atoms with E-state index in [1.807, 2.05) is 0 Å². The summed E-state index contributed by atoms with van der Waals surface area (Å²) in [4.78, 5) is 5.13. The fourth-order valence-corrected chi connectivity index (χ4v) is 3.58. The highest BCUT2D eigenvalue weighted by atomic mass is 15.3. The molecule has 1 atom stereocenters. The van der Waals surface area contributed by atoms with Gasteiger partial charge in [0.25, 0.3) is 0 Å². The quantitative estimate of drug-likeness (QED) is 0.914.